The third kappa shape index (κ3) is 2.65. The van der Waals surface area contributed by atoms with Crippen LogP contribution in [0.5, 0.6) is 0 Å². The smallest absolute Gasteiger partial charge is 0.180 e. The zero-order valence-electron chi connectivity index (χ0n) is 10.6. The summed E-state index contributed by atoms with van der Waals surface area (Å²) in [5.41, 5.74) is 1.73. The molecule has 3 nitrogen and oxygen atoms in total. The number of aromatic nitrogens is 1. The van der Waals surface area contributed by atoms with Gasteiger partial charge in [-0.05, 0) is 24.5 Å². The van der Waals surface area contributed by atoms with Gasteiger partial charge < -0.3 is 4.90 Å². The van der Waals surface area contributed by atoms with E-state index in [1.807, 2.05) is 25.3 Å². The first-order valence-electron chi connectivity index (χ1n) is 6.48. The number of carbonyl (C=O) groups is 1. The molecule has 1 aromatic heterocycles. The van der Waals surface area contributed by atoms with Gasteiger partial charge in [-0.1, -0.05) is 20.3 Å². The fourth-order valence-electron chi connectivity index (χ4n) is 2.32. The highest BCUT2D eigenvalue weighted by Gasteiger charge is 2.21. The van der Waals surface area contributed by atoms with Gasteiger partial charge in [-0.25, -0.2) is 0 Å². The molecule has 1 fully saturated rings. The van der Waals surface area contributed by atoms with Crippen molar-refractivity contribution >= 4 is 11.5 Å². The number of ketones is 1. The number of nitrogens with zero attached hydrogens (tertiary/aromatic N) is 2. The maximum Gasteiger partial charge on any atom is 0.180 e. The molecule has 0 aromatic carbocycles. The van der Waals surface area contributed by atoms with E-state index >= 15 is 0 Å². The molecule has 2 rings (SSSR count). The van der Waals surface area contributed by atoms with Gasteiger partial charge in [-0.3, -0.25) is 9.78 Å². The molecule has 0 radical (unpaired) electrons. The lowest BCUT2D eigenvalue weighted by Gasteiger charge is -2.18. The molecule has 0 bridgehead atoms. The average molecular weight is 232 g/mol. The highest BCUT2D eigenvalue weighted by Crippen LogP contribution is 2.24. The van der Waals surface area contributed by atoms with Crippen LogP contribution in [0.2, 0.25) is 0 Å². The van der Waals surface area contributed by atoms with Crippen LogP contribution in [0, 0.1) is 5.92 Å². The number of hydrogen-bond donors (Lipinski definition) is 0. The summed E-state index contributed by atoms with van der Waals surface area (Å²) in [5, 5.41) is 0. The third-order valence-corrected chi connectivity index (χ3v) is 3.58. The van der Waals surface area contributed by atoms with E-state index in [0.717, 1.165) is 24.7 Å². The van der Waals surface area contributed by atoms with Crippen LogP contribution in [0.4, 0.5) is 5.69 Å². The van der Waals surface area contributed by atoms with Gasteiger partial charge in [0.1, 0.15) is 5.69 Å². The van der Waals surface area contributed by atoms with Crippen molar-refractivity contribution in [2.45, 2.75) is 33.1 Å². The summed E-state index contributed by atoms with van der Waals surface area (Å²) in [5.74, 6) is 0.927. The van der Waals surface area contributed by atoms with Gasteiger partial charge in [0.05, 0.1) is 11.9 Å². The van der Waals surface area contributed by atoms with Crippen LogP contribution >= 0.6 is 0 Å². The summed E-state index contributed by atoms with van der Waals surface area (Å²) in [6.45, 7) is 6.35. The molecule has 1 unspecified atom stereocenters. The zero-order chi connectivity index (χ0) is 12.3. The second-order valence-electron chi connectivity index (χ2n) is 4.69. The summed E-state index contributed by atoms with van der Waals surface area (Å²) in [6.07, 6.45) is 4.87. The maximum atomic E-state index is 11.5. The van der Waals surface area contributed by atoms with Crippen molar-refractivity contribution < 1.29 is 4.79 Å². The van der Waals surface area contributed by atoms with Gasteiger partial charge in [0.15, 0.2) is 5.78 Å². The van der Waals surface area contributed by atoms with Crippen molar-refractivity contribution in [1.29, 1.82) is 0 Å². The Balaban J connectivity index is 2.06. The Kier molecular flexibility index (Phi) is 3.77. The molecule has 1 aliphatic rings. The van der Waals surface area contributed by atoms with E-state index in [2.05, 4.69) is 16.8 Å². The average Bonchev–Trinajstić information content (AvgIpc) is 2.87. The zero-order valence-corrected chi connectivity index (χ0v) is 10.6. The van der Waals surface area contributed by atoms with E-state index in [1.54, 1.807) is 0 Å². The molecule has 0 N–H and O–H groups in total. The first-order chi connectivity index (χ1) is 8.24. The molecule has 3 heteroatoms. The quantitative estimate of drug-likeness (QED) is 0.748. The van der Waals surface area contributed by atoms with Crippen LogP contribution < -0.4 is 4.90 Å². The number of Topliss-reactive ketones (excluding diaryl/α,β-unsaturated/α-hetero) is 1. The molecule has 2 heterocycles. The van der Waals surface area contributed by atoms with Crippen LogP contribution in [0.3, 0.4) is 0 Å². The largest absolute Gasteiger partial charge is 0.370 e. The Morgan fingerprint density at radius 2 is 2.29 bits per heavy atom. The molecule has 1 aromatic rings. The lowest BCUT2D eigenvalue weighted by atomic mass is 10.1. The Morgan fingerprint density at radius 3 is 2.82 bits per heavy atom. The van der Waals surface area contributed by atoms with Crippen molar-refractivity contribution in [3.63, 3.8) is 0 Å². The number of carbonyl (C=O) groups excluding carboxylic acids is 1. The van der Waals surface area contributed by atoms with Crippen LogP contribution in [0.1, 0.15) is 43.6 Å². The number of anilines is 1. The molecule has 0 amide bonds. The summed E-state index contributed by atoms with van der Waals surface area (Å²) >= 11 is 0. The van der Waals surface area contributed by atoms with Gasteiger partial charge in [0, 0.05) is 19.5 Å². The molecular formula is C14H20N2O. The second kappa shape index (κ2) is 5.30. The molecule has 17 heavy (non-hydrogen) atoms. The Morgan fingerprint density at radius 1 is 1.47 bits per heavy atom. The second-order valence-corrected chi connectivity index (χ2v) is 4.69. The van der Waals surface area contributed by atoms with E-state index in [4.69, 9.17) is 0 Å². The molecule has 1 saturated heterocycles. The van der Waals surface area contributed by atoms with Crippen molar-refractivity contribution in [2.75, 3.05) is 18.0 Å². The third-order valence-electron chi connectivity index (χ3n) is 3.58. The first-order valence-corrected chi connectivity index (χ1v) is 6.48. The van der Waals surface area contributed by atoms with E-state index < -0.39 is 0 Å². The normalized spacial score (nSPS) is 19.6. The first kappa shape index (κ1) is 12.1. The van der Waals surface area contributed by atoms with Crippen LogP contribution in [-0.2, 0) is 0 Å². The van der Waals surface area contributed by atoms with Crippen molar-refractivity contribution in [3.8, 4) is 0 Å². The van der Waals surface area contributed by atoms with E-state index in [9.17, 15) is 4.79 Å². The lowest BCUT2D eigenvalue weighted by molar-refractivity contribution is 0.0983. The van der Waals surface area contributed by atoms with Crippen molar-refractivity contribution in [2.24, 2.45) is 5.92 Å². The maximum absolute atomic E-state index is 11.5. The van der Waals surface area contributed by atoms with Gasteiger partial charge in [0.2, 0.25) is 0 Å². The molecular weight excluding hydrogens is 212 g/mol. The number of pyridine rings is 1. The molecule has 92 valence electrons. The minimum Gasteiger partial charge on any atom is -0.370 e. The Bertz CT molecular complexity index is 386. The molecule has 0 spiro atoms. The van der Waals surface area contributed by atoms with E-state index in [0.29, 0.717) is 12.1 Å². The monoisotopic (exact) mass is 232 g/mol. The minimum atomic E-state index is 0.115. The standard InChI is InChI=1S/C14H20N2O/c1-3-11-7-8-16(10-11)12-5-6-13(15-9-12)14(17)4-2/h5-6,9,11H,3-4,7-8,10H2,1-2H3. The summed E-state index contributed by atoms with van der Waals surface area (Å²) < 4.78 is 0. The minimum absolute atomic E-state index is 0.115. The van der Waals surface area contributed by atoms with Crippen molar-refractivity contribution in [1.82, 2.24) is 4.98 Å². The van der Waals surface area contributed by atoms with E-state index in [-0.39, 0.29) is 5.78 Å². The predicted molar refractivity (Wildman–Crippen MR) is 69.5 cm³/mol. The summed E-state index contributed by atoms with van der Waals surface area (Å²) in [7, 11) is 0. The topological polar surface area (TPSA) is 33.2 Å². The van der Waals surface area contributed by atoms with Gasteiger partial charge >= 0.3 is 0 Å². The van der Waals surface area contributed by atoms with E-state index in [1.165, 1.54) is 12.8 Å². The number of hydrogen-bond acceptors (Lipinski definition) is 3. The molecule has 1 atom stereocenters. The fraction of sp³-hybridized carbons (Fsp3) is 0.571. The molecule has 1 aliphatic heterocycles. The molecule has 0 saturated carbocycles. The Hall–Kier alpha value is -1.38. The fourth-order valence-corrected chi connectivity index (χ4v) is 2.32. The van der Waals surface area contributed by atoms with Crippen LogP contribution in [0.15, 0.2) is 18.3 Å². The van der Waals surface area contributed by atoms with Gasteiger partial charge in [-0.2, -0.15) is 0 Å². The summed E-state index contributed by atoms with van der Waals surface area (Å²) in [4.78, 5) is 18.1. The predicted octanol–water partition coefficient (Wildman–Crippen LogP) is 2.91. The number of rotatable bonds is 4. The van der Waals surface area contributed by atoms with Crippen LogP contribution in [0.25, 0.3) is 0 Å². The highest BCUT2D eigenvalue weighted by atomic mass is 16.1. The lowest BCUT2D eigenvalue weighted by Crippen LogP contribution is -2.19. The van der Waals surface area contributed by atoms with Crippen molar-refractivity contribution in [3.05, 3.63) is 24.0 Å². The Labute approximate surface area is 103 Å². The highest BCUT2D eigenvalue weighted by molar-refractivity contribution is 5.94. The SMILES string of the molecule is CCC(=O)c1ccc(N2CCC(CC)C2)cn1. The summed E-state index contributed by atoms with van der Waals surface area (Å²) in [6, 6.07) is 3.87. The van der Waals surface area contributed by atoms with Gasteiger partial charge in [-0.15, -0.1) is 0 Å². The molecule has 0 aliphatic carbocycles. The van der Waals surface area contributed by atoms with Crippen LogP contribution in [-0.4, -0.2) is 23.9 Å². The van der Waals surface area contributed by atoms with Gasteiger partial charge in [0.25, 0.3) is 0 Å².